The number of aromatic nitrogens is 1. The fraction of sp³-hybridized carbons (Fsp3) is 0.0625. The number of nitrogens with zero attached hydrogens (tertiary/aromatic N) is 2. The van der Waals surface area contributed by atoms with Gasteiger partial charge in [-0.2, -0.15) is 0 Å². The summed E-state index contributed by atoms with van der Waals surface area (Å²) in [6, 6.07) is 7.56. The van der Waals surface area contributed by atoms with Crippen LogP contribution in [0, 0.1) is 10.1 Å². The molecule has 1 aromatic carbocycles. The first kappa shape index (κ1) is 17.4. The zero-order valence-electron chi connectivity index (χ0n) is 13.3. The first-order chi connectivity index (χ1) is 12.5. The van der Waals surface area contributed by atoms with Crippen molar-refractivity contribution in [3.05, 3.63) is 57.1 Å². The van der Waals surface area contributed by atoms with Crippen molar-refractivity contribution >= 4 is 34.7 Å². The Morgan fingerprint density at radius 1 is 1.23 bits per heavy atom. The van der Waals surface area contributed by atoms with E-state index in [9.17, 15) is 19.7 Å². The lowest BCUT2D eigenvalue weighted by Crippen LogP contribution is -2.17. The summed E-state index contributed by atoms with van der Waals surface area (Å²) >= 11 is 0.817. The van der Waals surface area contributed by atoms with E-state index >= 15 is 0 Å². The van der Waals surface area contributed by atoms with Gasteiger partial charge in [-0.05, 0) is 35.5 Å². The number of imide groups is 1. The molecule has 1 N–H and O–H groups in total. The largest absolute Gasteiger partial charge is 0.493 e. The molecule has 0 bridgehead atoms. The Hall–Kier alpha value is -3.40. The van der Waals surface area contributed by atoms with Crippen LogP contribution < -0.4 is 14.8 Å². The van der Waals surface area contributed by atoms with Crippen LogP contribution >= 0.6 is 11.8 Å². The number of ether oxygens (including phenoxy) is 2. The fourth-order valence-electron chi connectivity index (χ4n) is 2.08. The van der Waals surface area contributed by atoms with Crippen LogP contribution in [0.1, 0.15) is 5.56 Å². The Balaban J connectivity index is 1.83. The van der Waals surface area contributed by atoms with Gasteiger partial charge in [-0.1, -0.05) is 6.07 Å². The van der Waals surface area contributed by atoms with E-state index in [4.69, 9.17) is 9.47 Å². The average molecular weight is 373 g/mol. The molecule has 1 aliphatic heterocycles. The molecule has 0 spiro atoms. The second-order valence-corrected chi connectivity index (χ2v) is 5.99. The van der Waals surface area contributed by atoms with Gasteiger partial charge in [0.2, 0.25) is 5.88 Å². The maximum Gasteiger partial charge on any atom is 0.290 e. The van der Waals surface area contributed by atoms with Gasteiger partial charge < -0.3 is 9.47 Å². The summed E-state index contributed by atoms with van der Waals surface area (Å²) in [7, 11) is 1.45. The molecule has 2 heterocycles. The van der Waals surface area contributed by atoms with Crippen molar-refractivity contribution in [2.75, 3.05) is 7.11 Å². The number of methoxy groups -OCH3 is 1. The first-order valence-electron chi connectivity index (χ1n) is 7.17. The summed E-state index contributed by atoms with van der Waals surface area (Å²) in [4.78, 5) is 37.0. The molecule has 132 valence electrons. The first-order valence-corrected chi connectivity index (χ1v) is 7.99. The zero-order chi connectivity index (χ0) is 18.7. The monoisotopic (exact) mass is 373 g/mol. The highest BCUT2D eigenvalue weighted by atomic mass is 32.2. The lowest BCUT2D eigenvalue weighted by molar-refractivity contribution is -0.385. The smallest absolute Gasteiger partial charge is 0.290 e. The van der Waals surface area contributed by atoms with Crippen LogP contribution in [0.3, 0.4) is 0 Å². The molecule has 1 aromatic heterocycles. The van der Waals surface area contributed by atoms with E-state index in [-0.39, 0.29) is 16.5 Å². The lowest BCUT2D eigenvalue weighted by Gasteiger charge is -2.10. The highest BCUT2D eigenvalue weighted by Gasteiger charge is 2.25. The second-order valence-electron chi connectivity index (χ2n) is 4.98. The summed E-state index contributed by atoms with van der Waals surface area (Å²) in [6.45, 7) is 0. The molecule has 26 heavy (non-hydrogen) atoms. The number of amides is 2. The van der Waals surface area contributed by atoms with E-state index in [0.29, 0.717) is 17.1 Å². The van der Waals surface area contributed by atoms with Crippen LogP contribution in [0.25, 0.3) is 6.08 Å². The molecule has 1 saturated heterocycles. The minimum Gasteiger partial charge on any atom is -0.493 e. The van der Waals surface area contributed by atoms with Crippen molar-refractivity contribution in [3.63, 3.8) is 0 Å². The normalized spacial score (nSPS) is 15.0. The lowest BCUT2D eigenvalue weighted by atomic mass is 10.2. The Morgan fingerprint density at radius 3 is 2.62 bits per heavy atom. The molecule has 0 saturated carbocycles. The van der Waals surface area contributed by atoms with E-state index in [1.807, 2.05) is 0 Å². The molecule has 0 radical (unpaired) electrons. The number of hydrogen-bond donors (Lipinski definition) is 1. The average Bonchev–Trinajstić information content (AvgIpc) is 2.93. The molecule has 10 heteroatoms. The van der Waals surface area contributed by atoms with Crippen molar-refractivity contribution < 1.29 is 24.0 Å². The molecule has 0 unspecified atom stereocenters. The molecule has 1 aliphatic rings. The van der Waals surface area contributed by atoms with E-state index in [1.165, 1.54) is 19.2 Å². The third-order valence-corrected chi connectivity index (χ3v) is 4.08. The zero-order valence-corrected chi connectivity index (χ0v) is 14.1. The molecule has 2 aromatic rings. The molecule has 3 rings (SSSR count). The second kappa shape index (κ2) is 7.23. The summed E-state index contributed by atoms with van der Waals surface area (Å²) in [5, 5.41) is 12.4. The van der Waals surface area contributed by atoms with Crippen LogP contribution in [-0.4, -0.2) is 28.2 Å². The number of rotatable bonds is 5. The molecule has 2 amide bonds. The van der Waals surface area contributed by atoms with Gasteiger partial charge in [0, 0.05) is 12.1 Å². The van der Waals surface area contributed by atoms with Crippen molar-refractivity contribution in [3.8, 4) is 17.4 Å². The Bertz CT molecular complexity index is 926. The minimum absolute atomic E-state index is 0.145. The van der Waals surface area contributed by atoms with Crippen LogP contribution in [0.5, 0.6) is 17.4 Å². The van der Waals surface area contributed by atoms with Crippen molar-refractivity contribution in [1.29, 1.82) is 0 Å². The molecule has 1 fully saturated rings. The van der Waals surface area contributed by atoms with Gasteiger partial charge in [-0.25, -0.2) is 4.98 Å². The van der Waals surface area contributed by atoms with E-state index in [2.05, 4.69) is 10.3 Å². The van der Waals surface area contributed by atoms with Crippen LogP contribution in [0.4, 0.5) is 10.5 Å². The summed E-state index contributed by atoms with van der Waals surface area (Å²) in [5.41, 5.74) is 0.492. The Kier molecular flexibility index (Phi) is 4.85. The molecular weight excluding hydrogens is 362 g/mol. The van der Waals surface area contributed by atoms with Gasteiger partial charge in [-0.15, -0.1) is 0 Å². The number of nitrogens with one attached hydrogen (secondary N) is 1. The fourth-order valence-corrected chi connectivity index (χ4v) is 2.77. The van der Waals surface area contributed by atoms with E-state index in [0.717, 1.165) is 18.0 Å². The molecular formula is C16H11N3O6S. The summed E-state index contributed by atoms with van der Waals surface area (Å²) in [6.07, 6.45) is 2.65. The van der Waals surface area contributed by atoms with Gasteiger partial charge >= 0.3 is 0 Å². The van der Waals surface area contributed by atoms with Gasteiger partial charge in [0.1, 0.15) is 6.20 Å². The van der Waals surface area contributed by atoms with E-state index < -0.39 is 16.1 Å². The molecule has 0 aliphatic carbocycles. The highest BCUT2D eigenvalue weighted by Crippen LogP contribution is 2.34. The standard InChI is InChI=1S/C16H11N3O6S/c1-24-12-6-9(7-13-15(20)18-16(21)26-13)2-4-11(12)25-14-5-3-10(8-17-14)19(22)23/h2-8H,1H3,(H,18,20,21). The number of carbonyl (C=O) groups is 2. The quantitative estimate of drug-likeness (QED) is 0.482. The number of thioether (sulfide) groups is 1. The van der Waals surface area contributed by atoms with Crippen molar-refractivity contribution in [2.24, 2.45) is 0 Å². The van der Waals surface area contributed by atoms with Crippen LogP contribution in [-0.2, 0) is 4.79 Å². The SMILES string of the molecule is COc1cc(C=C2SC(=O)NC2=O)ccc1Oc1ccc([N+](=O)[O-])cn1. The van der Waals surface area contributed by atoms with Crippen LogP contribution in [0.15, 0.2) is 41.4 Å². The molecule has 0 atom stereocenters. The number of nitro groups is 1. The molecule has 9 nitrogen and oxygen atoms in total. The number of benzene rings is 1. The third kappa shape index (κ3) is 3.81. The van der Waals surface area contributed by atoms with Gasteiger partial charge in [0.25, 0.3) is 16.8 Å². The Morgan fingerprint density at radius 2 is 2.04 bits per heavy atom. The summed E-state index contributed by atoms with van der Waals surface area (Å²) < 4.78 is 10.8. The topological polar surface area (TPSA) is 121 Å². The van der Waals surface area contributed by atoms with Gasteiger partial charge in [0.05, 0.1) is 16.9 Å². The summed E-state index contributed by atoms with van der Waals surface area (Å²) in [5.74, 6) is 0.426. The maximum absolute atomic E-state index is 11.6. The van der Waals surface area contributed by atoms with Crippen molar-refractivity contribution in [1.82, 2.24) is 10.3 Å². The number of carbonyl (C=O) groups excluding carboxylic acids is 2. The number of hydrogen-bond acceptors (Lipinski definition) is 8. The van der Waals surface area contributed by atoms with E-state index in [1.54, 1.807) is 24.3 Å². The maximum atomic E-state index is 11.6. The van der Waals surface area contributed by atoms with Crippen LogP contribution in [0.2, 0.25) is 0 Å². The third-order valence-electron chi connectivity index (χ3n) is 3.27. The Labute approximate surface area is 151 Å². The predicted molar refractivity (Wildman–Crippen MR) is 93.1 cm³/mol. The van der Waals surface area contributed by atoms with Crippen molar-refractivity contribution in [2.45, 2.75) is 0 Å². The van der Waals surface area contributed by atoms with Gasteiger partial charge in [-0.3, -0.25) is 25.0 Å². The highest BCUT2D eigenvalue weighted by molar-refractivity contribution is 8.18. The predicted octanol–water partition coefficient (Wildman–Crippen LogP) is 3.11. The minimum atomic E-state index is -0.554. The van der Waals surface area contributed by atoms with Gasteiger partial charge in [0.15, 0.2) is 11.5 Å². The number of pyridine rings is 1.